The predicted octanol–water partition coefficient (Wildman–Crippen LogP) is 0.483. The summed E-state index contributed by atoms with van der Waals surface area (Å²) < 4.78 is 4.76. The number of rotatable bonds is 6. The van der Waals surface area contributed by atoms with Gasteiger partial charge in [0.15, 0.2) is 0 Å². The molecule has 0 unspecified atom stereocenters. The van der Waals surface area contributed by atoms with Crippen LogP contribution < -0.4 is 11.0 Å². The lowest BCUT2D eigenvalue weighted by atomic mass is 10.2. The van der Waals surface area contributed by atoms with Crippen molar-refractivity contribution in [1.29, 1.82) is 0 Å². The Morgan fingerprint density at radius 3 is 2.75 bits per heavy atom. The third kappa shape index (κ3) is 4.37. The monoisotopic (exact) mass is 299 g/mol. The average Bonchev–Trinajstić information content (AvgIpc) is 2.37. The van der Waals surface area contributed by atoms with Crippen molar-refractivity contribution < 1.29 is 14.3 Å². The highest BCUT2D eigenvalue weighted by atomic mass is 32.2. The van der Waals surface area contributed by atoms with Gasteiger partial charge in [-0.2, -0.15) is 4.98 Å². The average molecular weight is 299 g/mol. The van der Waals surface area contributed by atoms with Gasteiger partial charge in [-0.05, 0) is 20.1 Å². The normalized spacial score (nSPS) is 10.2. The molecule has 0 atom stereocenters. The van der Waals surface area contributed by atoms with Crippen molar-refractivity contribution >= 4 is 23.6 Å². The Bertz CT molecular complexity index is 556. The number of carbonyl (C=O) groups excluding carboxylic acids is 2. The molecule has 0 aliphatic carbocycles. The Morgan fingerprint density at radius 1 is 1.45 bits per heavy atom. The van der Waals surface area contributed by atoms with Gasteiger partial charge >= 0.3 is 11.7 Å². The van der Waals surface area contributed by atoms with E-state index in [0.29, 0.717) is 22.9 Å². The molecule has 0 fully saturated rings. The van der Waals surface area contributed by atoms with Crippen LogP contribution in [0.25, 0.3) is 0 Å². The number of nitrogens with zero attached hydrogens (tertiary/aromatic N) is 1. The number of carbonyl (C=O) groups is 2. The van der Waals surface area contributed by atoms with Gasteiger partial charge in [-0.1, -0.05) is 0 Å². The number of aryl methyl sites for hydroxylation is 1. The molecule has 1 aromatic rings. The van der Waals surface area contributed by atoms with Crippen molar-refractivity contribution in [2.24, 2.45) is 0 Å². The van der Waals surface area contributed by atoms with Crippen LogP contribution in [0.3, 0.4) is 0 Å². The standard InChI is InChI=1S/C12H17N3O4S/c1-4-19-8(16)5-6-13-10(17)9-7(2)14-12(18)15-11(9)20-3/h4-6H2,1-3H3,(H,13,17)(H,14,15,18). The first-order chi connectivity index (χ1) is 9.49. The van der Waals surface area contributed by atoms with Crippen molar-refractivity contribution in [3.05, 3.63) is 21.7 Å². The van der Waals surface area contributed by atoms with E-state index in [2.05, 4.69) is 15.3 Å². The Kier molecular flexibility index (Phi) is 6.23. The summed E-state index contributed by atoms with van der Waals surface area (Å²) in [5, 5.41) is 2.97. The number of nitrogens with one attached hydrogen (secondary N) is 2. The number of aromatic nitrogens is 2. The lowest BCUT2D eigenvalue weighted by Gasteiger charge is -2.09. The van der Waals surface area contributed by atoms with E-state index in [0.717, 1.165) is 0 Å². The van der Waals surface area contributed by atoms with Crippen molar-refractivity contribution in [3.8, 4) is 0 Å². The molecule has 1 amide bonds. The number of thioether (sulfide) groups is 1. The van der Waals surface area contributed by atoms with Crippen molar-refractivity contribution in [1.82, 2.24) is 15.3 Å². The predicted molar refractivity (Wildman–Crippen MR) is 75.0 cm³/mol. The van der Waals surface area contributed by atoms with Gasteiger partial charge in [-0.15, -0.1) is 11.8 Å². The second kappa shape index (κ2) is 7.68. The second-order valence-corrected chi connectivity index (χ2v) is 4.66. The summed E-state index contributed by atoms with van der Waals surface area (Å²) in [6.07, 6.45) is 1.83. The van der Waals surface area contributed by atoms with E-state index < -0.39 is 5.69 Å². The summed E-state index contributed by atoms with van der Waals surface area (Å²) in [5.41, 5.74) is 0.277. The van der Waals surface area contributed by atoms with E-state index >= 15 is 0 Å². The maximum Gasteiger partial charge on any atom is 0.346 e. The number of amides is 1. The third-order valence-corrected chi connectivity index (χ3v) is 3.11. The molecule has 7 nitrogen and oxygen atoms in total. The largest absolute Gasteiger partial charge is 0.466 e. The summed E-state index contributed by atoms with van der Waals surface area (Å²) in [4.78, 5) is 40.7. The third-order valence-electron chi connectivity index (χ3n) is 2.43. The molecule has 8 heteroatoms. The van der Waals surface area contributed by atoms with E-state index in [1.54, 1.807) is 20.1 Å². The Morgan fingerprint density at radius 2 is 2.15 bits per heavy atom. The minimum Gasteiger partial charge on any atom is -0.466 e. The molecule has 1 aromatic heterocycles. The molecular formula is C12H17N3O4S. The van der Waals surface area contributed by atoms with E-state index in [1.165, 1.54) is 11.8 Å². The molecule has 0 saturated heterocycles. The molecule has 0 aromatic carbocycles. The zero-order valence-electron chi connectivity index (χ0n) is 11.6. The molecule has 0 aliphatic rings. The van der Waals surface area contributed by atoms with Gasteiger partial charge in [0.05, 0.1) is 18.6 Å². The van der Waals surface area contributed by atoms with Crippen LogP contribution in [0.15, 0.2) is 9.82 Å². The zero-order valence-corrected chi connectivity index (χ0v) is 12.4. The Balaban J connectivity index is 2.73. The number of aromatic amines is 1. The maximum atomic E-state index is 12.1. The summed E-state index contributed by atoms with van der Waals surface area (Å²) in [5.74, 6) is -0.742. The maximum absolute atomic E-state index is 12.1. The van der Waals surface area contributed by atoms with Gasteiger partial charge in [0.25, 0.3) is 5.91 Å². The van der Waals surface area contributed by atoms with Crippen molar-refractivity contribution in [3.63, 3.8) is 0 Å². The smallest absolute Gasteiger partial charge is 0.346 e. The fraction of sp³-hybridized carbons (Fsp3) is 0.500. The Labute approximate surface area is 120 Å². The first-order valence-corrected chi connectivity index (χ1v) is 7.30. The van der Waals surface area contributed by atoms with Gasteiger partial charge in [-0.3, -0.25) is 9.59 Å². The fourth-order valence-corrected chi connectivity index (χ4v) is 2.20. The summed E-state index contributed by atoms with van der Waals surface area (Å²) in [7, 11) is 0. The van der Waals surface area contributed by atoms with Crippen LogP contribution in [0.2, 0.25) is 0 Å². The first-order valence-electron chi connectivity index (χ1n) is 6.08. The minimum absolute atomic E-state index is 0.101. The molecule has 0 spiro atoms. The van der Waals surface area contributed by atoms with Crippen molar-refractivity contribution in [2.45, 2.75) is 25.3 Å². The fourth-order valence-electron chi connectivity index (χ4n) is 1.57. The highest BCUT2D eigenvalue weighted by Gasteiger charge is 2.17. The minimum atomic E-state index is -0.491. The summed E-state index contributed by atoms with van der Waals surface area (Å²) in [6.45, 7) is 3.83. The molecule has 0 bridgehead atoms. The molecule has 1 rings (SSSR count). The molecule has 0 saturated carbocycles. The SMILES string of the molecule is CCOC(=O)CCNC(=O)c1c(SC)nc(=O)[nH]c1C. The van der Waals surface area contributed by atoms with E-state index in [9.17, 15) is 14.4 Å². The first kappa shape index (κ1) is 16.2. The highest BCUT2D eigenvalue weighted by molar-refractivity contribution is 7.98. The number of H-pyrrole nitrogens is 1. The zero-order chi connectivity index (χ0) is 15.1. The van der Waals surface area contributed by atoms with Gasteiger partial charge in [0, 0.05) is 12.2 Å². The van der Waals surface area contributed by atoms with Crippen LogP contribution in [-0.4, -0.2) is 41.3 Å². The number of ether oxygens (including phenoxy) is 1. The van der Waals surface area contributed by atoms with Gasteiger partial charge in [0.2, 0.25) is 0 Å². The van der Waals surface area contributed by atoms with Crippen LogP contribution in [0, 0.1) is 6.92 Å². The lowest BCUT2D eigenvalue weighted by molar-refractivity contribution is -0.142. The van der Waals surface area contributed by atoms with E-state index in [-0.39, 0.29) is 24.8 Å². The molecule has 110 valence electrons. The van der Waals surface area contributed by atoms with Crippen LogP contribution in [0.5, 0.6) is 0 Å². The Hall–Kier alpha value is -1.83. The molecular weight excluding hydrogens is 282 g/mol. The molecule has 20 heavy (non-hydrogen) atoms. The topological polar surface area (TPSA) is 101 Å². The van der Waals surface area contributed by atoms with Crippen LogP contribution >= 0.6 is 11.8 Å². The summed E-state index contributed by atoms with van der Waals surface area (Å²) >= 11 is 1.22. The summed E-state index contributed by atoms with van der Waals surface area (Å²) in [6, 6.07) is 0. The van der Waals surface area contributed by atoms with E-state index in [1.807, 2.05) is 0 Å². The molecule has 0 radical (unpaired) electrons. The molecule has 2 N–H and O–H groups in total. The van der Waals surface area contributed by atoms with E-state index in [4.69, 9.17) is 4.74 Å². The molecule has 0 aliphatic heterocycles. The van der Waals surface area contributed by atoms with Gasteiger partial charge in [-0.25, -0.2) is 4.79 Å². The van der Waals surface area contributed by atoms with Crippen LogP contribution in [0.1, 0.15) is 29.4 Å². The second-order valence-electron chi connectivity index (χ2n) is 3.86. The van der Waals surface area contributed by atoms with Gasteiger partial charge < -0.3 is 15.0 Å². The lowest BCUT2D eigenvalue weighted by Crippen LogP contribution is -2.29. The van der Waals surface area contributed by atoms with Crippen molar-refractivity contribution in [2.75, 3.05) is 19.4 Å². The number of hydrogen-bond acceptors (Lipinski definition) is 6. The highest BCUT2D eigenvalue weighted by Crippen LogP contribution is 2.17. The number of hydrogen-bond donors (Lipinski definition) is 2. The van der Waals surface area contributed by atoms with Gasteiger partial charge in [0.1, 0.15) is 5.03 Å². The quantitative estimate of drug-likeness (QED) is 0.450. The van der Waals surface area contributed by atoms with Crippen LogP contribution in [-0.2, 0) is 9.53 Å². The molecule has 1 heterocycles. The van der Waals surface area contributed by atoms with Crippen LogP contribution in [0.4, 0.5) is 0 Å². The number of esters is 1.